The third kappa shape index (κ3) is 3.46. The van der Waals surface area contributed by atoms with Gasteiger partial charge in [-0.05, 0) is 43.0 Å². The molecule has 0 aliphatic carbocycles. The van der Waals surface area contributed by atoms with Crippen molar-refractivity contribution in [1.82, 2.24) is 14.1 Å². The number of benzene rings is 2. The van der Waals surface area contributed by atoms with Crippen LogP contribution >= 0.6 is 0 Å². The lowest BCUT2D eigenvalue weighted by Crippen LogP contribution is -2.36. The van der Waals surface area contributed by atoms with E-state index >= 15 is 4.39 Å². The van der Waals surface area contributed by atoms with E-state index in [0.29, 0.717) is 11.1 Å². The average molecular weight is 498 g/mol. The average Bonchev–Trinajstić information content (AvgIpc) is 3.53. The standard InChI is InChI=1S/C26H22F4N4O2/c1-32-11-10-16-19(32)6-3-7-20(16)33-12-8-15(9-13-33)22-21-17(4-2-5-18(21)27)23-24(31-14-34(22)23)36-25(35)26(28,29)30/h2-7,10-11,14-15,22H,8-9,12-13H2,1H3. The van der Waals surface area contributed by atoms with Gasteiger partial charge >= 0.3 is 12.1 Å². The van der Waals surface area contributed by atoms with Crippen LogP contribution in [0.5, 0.6) is 5.88 Å². The van der Waals surface area contributed by atoms with Crippen LogP contribution < -0.4 is 9.64 Å². The summed E-state index contributed by atoms with van der Waals surface area (Å²) in [7, 11) is 2.01. The number of aromatic nitrogens is 3. The van der Waals surface area contributed by atoms with Crippen molar-refractivity contribution in [1.29, 1.82) is 0 Å². The number of fused-ring (bicyclic) bond motifs is 4. The highest BCUT2D eigenvalue weighted by Gasteiger charge is 2.45. The van der Waals surface area contributed by atoms with E-state index in [0.717, 1.165) is 37.1 Å². The highest BCUT2D eigenvalue weighted by atomic mass is 19.4. The molecule has 0 spiro atoms. The van der Waals surface area contributed by atoms with E-state index in [1.807, 2.05) is 19.3 Å². The van der Waals surface area contributed by atoms with Crippen molar-refractivity contribution in [2.75, 3.05) is 18.0 Å². The molecule has 0 radical (unpaired) electrons. The van der Waals surface area contributed by atoms with Gasteiger partial charge in [0.2, 0.25) is 5.88 Å². The first-order valence-corrected chi connectivity index (χ1v) is 11.7. The molecule has 6 rings (SSSR count). The summed E-state index contributed by atoms with van der Waals surface area (Å²) in [6.45, 7) is 1.50. The number of imidazole rings is 1. The number of rotatable bonds is 3. The Labute approximate surface area is 203 Å². The number of carbonyl (C=O) groups excluding carboxylic acids is 1. The highest BCUT2D eigenvalue weighted by Crippen LogP contribution is 2.50. The van der Waals surface area contributed by atoms with Gasteiger partial charge in [0.05, 0.1) is 12.4 Å². The van der Waals surface area contributed by atoms with E-state index in [4.69, 9.17) is 0 Å². The molecule has 0 bridgehead atoms. The van der Waals surface area contributed by atoms with Crippen LogP contribution in [0.1, 0.15) is 24.4 Å². The van der Waals surface area contributed by atoms with Gasteiger partial charge in [-0.3, -0.25) is 0 Å². The van der Waals surface area contributed by atoms with Crippen molar-refractivity contribution >= 4 is 22.6 Å². The third-order valence-corrected chi connectivity index (χ3v) is 7.32. The van der Waals surface area contributed by atoms with Crippen molar-refractivity contribution in [3.05, 3.63) is 66.4 Å². The largest absolute Gasteiger partial charge is 0.491 e. The Hall–Kier alpha value is -3.82. The molecule has 1 saturated heterocycles. The number of halogens is 4. The molecule has 0 saturated carbocycles. The second-order valence-corrected chi connectivity index (χ2v) is 9.30. The van der Waals surface area contributed by atoms with Crippen LogP contribution in [0.25, 0.3) is 22.2 Å². The van der Waals surface area contributed by atoms with Crippen LogP contribution in [0, 0.1) is 11.7 Å². The molecule has 2 aliphatic heterocycles. The zero-order valence-electron chi connectivity index (χ0n) is 19.3. The molecular formula is C26H22F4N4O2. The summed E-state index contributed by atoms with van der Waals surface area (Å²) >= 11 is 0. The number of piperidine rings is 1. The molecule has 2 aromatic carbocycles. The van der Waals surface area contributed by atoms with E-state index in [1.165, 1.54) is 23.8 Å². The van der Waals surface area contributed by atoms with Gasteiger partial charge in [0.15, 0.2) is 0 Å². The second kappa shape index (κ2) is 8.11. The number of ether oxygens (including phenoxy) is 1. The van der Waals surface area contributed by atoms with Crippen LogP contribution in [0.3, 0.4) is 0 Å². The Morgan fingerprint density at radius 1 is 1.08 bits per heavy atom. The number of anilines is 1. The zero-order chi connectivity index (χ0) is 25.2. The molecule has 186 valence electrons. The van der Waals surface area contributed by atoms with Crippen LogP contribution in [-0.4, -0.2) is 39.4 Å². The molecule has 2 aromatic heterocycles. The topological polar surface area (TPSA) is 52.3 Å². The van der Waals surface area contributed by atoms with Gasteiger partial charge in [-0.2, -0.15) is 13.2 Å². The van der Waals surface area contributed by atoms with Gasteiger partial charge in [-0.15, -0.1) is 0 Å². The molecule has 1 fully saturated rings. The van der Waals surface area contributed by atoms with Gasteiger partial charge in [0.1, 0.15) is 11.5 Å². The van der Waals surface area contributed by atoms with Gasteiger partial charge in [0.25, 0.3) is 0 Å². The maximum Gasteiger partial charge on any atom is 0.491 e. The number of aryl methyl sites for hydroxylation is 1. The van der Waals surface area contributed by atoms with Crippen LogP contribution in [0.4, 0.5) is 23.2 Å². The van der Waals surface area contributed by atoms with Crippen molar-refractivity contribution in [2.45, 2.75) is 25.1 Å². The predicted molar refractivity (Wildman–Crippen MR) is 125 cm³/mol. The number of hydrogen-bond donors (Lipinski definition) is 0. The summed E-state index contributed by atoms with van der Waals surface area (Å²) in [6.07, 6.45) is -0.292. The Morgan fingerprint density at radius 2 is 1.83 bits per heavy atom. The highest BCUT2D eigenvalue weighted by molar-refractivity contribution is 5.93. The molecule has 1 atom stereocenters. The van der Waals surface area contributed by atoms with E-state index < -0.39 is 29.9 Å². The van der Waals surface area contributed by atoms with Gasteiger partial charge < -0.3 is 18.8 Å². The van der Waals surface area contributed by atoms with E-state index in [-0.39, 0.29) is 11.6 Å². The first-order valence-electron chi connectivity index (χ1n) is 11.7. The molecule has 2 aliphatic rings. The summed E-state index contributed by atoms with van der Waals surface area (Å²) in [6, 6.07) is 12.3. The zero-order valence-corrected chi connectivity index (χ0v) is 19.3. The molecule has 1 unspecified atom stereocenters. The number of hydrogen-bond acceptors (Lipinski definition) is 4. The maximum atomic E-state index is 15.1. The summed E-state index contributed by atoms with van der Waals surface area (Å²) in [4.78, 5) is 17.8. The quantitative estimate of drug-likeness (QED) is 0.278. The predicted octanol–water partition coefficient (Wildman–Crippen LogP) is 5.47. The minimum absolute atomic E-state index is 0.0218. The fraction of sp³-hybridized carbons (Fsp3) is 0.308. The lowest BCUT2D eigenvalue weighted by Gasteiger charge is -2.37. The molecular weight excluding hydrogens is 476 g/mol. The van der Waals surface area contributed by atoms with Gasteiger partial charge in [0, 0.05) is 54.1 Å². The Kier molecular flexibility index (Phi) is 5.10. The molecule has 4 aromatic rings. The number of carbonyl (C=O) groups is 1. The molecule has 4 heterocycles. The van der Waals surface area contributed by atoms with Crippen LogP contribution in [0.2, 0.25) is 0 Å². The maximum absolute atomic E-state index is 15.1. The molecule has 0 N–H and O–H groups in total. The van der Waals surface area contributed by atoms with Gasteiger partial charge in [-0.25, -0.2) is 14.2 Å². The lowest BCUT2D eigenvalue weighted by molar-refractivity contribution is -0.189. The smallest absolute Gasteiger partial charge is 0.398 e. The summed E-state index contributed by atoms with van der Waals surface area (Å²) in [5, 5.41) is 1.17. The van der Waals surface area contributed by atoms with Crippen molar-refractivity contribution < 1.29 is 27.1 Å². The monoisotopic (exact) mass is 498 g/mol. The van der Waals surface area contributed by atoms with Crippen molar-refractivity contribution in [2.24, 2.45) is 13.0 Å². The van der Waals surface area contributed by atoms with Gasteiger partial charge in [-0.1, -0.05) is 18.2 Å². The van der Waals surface area contributed by atoms with Crippen LogP contribution in [0.15, 0.2) is 55.0 Å². The number of nitrogens with zero attached hydrogens (tertiary/aromatic N) is 4. The molecule has 0 amide bonds. The number of esters is 1. The fourth-order valence-electron chi connectivity index (χ4n) is 5.69. The molecule has 6 nitrogen and oxygen atoms in total. The molecule has 10 heteroatoms. The van der Waals surface area contributed by atoms with E-state index in [1.54, 1.807) is 10.6 Å². The SMILES string of the molecule is Cn1ccc2c(N3CCC(C4c5c(F)cccc5-c5c(OC(=O)C(F)(F)F)ncn54)CC3)cccc21. The first-order chi connectivity index (χ1) is 17.2. The van der Waals surface area contributed by atoms with E-state index in [9.17, 15) is 18.0 Å². The lowest BCUT2D eigenvalue weighted by atomic mass is 9.84. The summed E-state index contributed by atoms with van der Waals surface area (Å²) in [5.41, 5.74) is 3.30. The molecule has 36 heavy (non-hydrogen) atoms. The summed E-state index contributed by atoms with van der Waals surface area (Å²) in [5.74, 6) is -3.23. The Balaban J connectivity index is 1.31. The van der Waals surface area contributed by atoms with E-state index in [2.05, 4.69) is 37.4 Å². The van der Waals surface area contributed by atoms with Crippen LogP contribution in [-0.2, 0) is 11.8 Å². The minimum Gasteiger partial charge on any atom is -0.398 e. The Bertz CT molecular complexity index is 1480. The fourth-order valence-corrected chi connectivity index (χ4v) is 5.69. The minimum atomic E-state index is -5.16. The second-order valence-electron chi connectivity index (χ2n) is 9.30. The Morgan fingerprint density at radius 3 is 2.58 bits per heavy atom. The van der Waals surface area contributed by atoms with Crippen molar-refractivity contribution in [3.63, 3.8) is 0 Å². The van der Waals surface area contributed by atoms with Crippen molar-refractivity contribution in [3.8, 4) is 17.1 Å². The first kappa shape index (κ1) is 22.6. The number of alkyl halides is 3. The summed E-state index contributed by atoms with van der Waals surface area (Å²) < 4.78 is 61.9. The normalized spacial score (nSPS) is 17.9. The third-order valence-electron chi connectivity index (χ3n) is 7.32.